The maximum Gasteiger partial charge on any atom is 0.416 e. The Hall–Kier alpha value is -4.74. The highest BCUT2D eigenvalue weighted by atomic mass is 19.4. The minimum absolute atomic E-state index is 0.00468. The molecule has 0 fully saturated rings. The lowest BCUT2D eigenvalue weighted by atomic mass is 10.1. The van der Waals surface area contributed by atoms with E-state index >= 15 is 0 Å². The van der Waals surface area contributed by atoms with Crippen LogP contribution in [-0.4, -0.2) is 27.2 Å². The maximum absolute atomic E-state index is 13.5. The van der Waals surface area contributed by atoms with E-state index in [1.165, 1.54) is 59.8 Å². The largest absolute Gasteiger partial charge is 0.494 e. The number of alkyl halides is 3. The Kier molecular flexibility index (Phi) is 7.15. The molecule has 0 saturated heterocycles. The van der Waals surface area contributed by atoms with Gasteiger partial charge in [0.05, 0.1) is 18.4 Å². The Morgan fingerprint density at radius 2 is 1.79 bits per heavy atom. The van der Waals surface area contributed by atoms with Gasteiger partial charge >= 0.3 is 6.18 Å². The minimum atomic E-state index is -4.57. The van der Waals surface area contributed by atoms with Crippen LogP contribution in [0, 0.1) is 17.0 Å². The molecule has 0 unspecified atom stereocenters. The second-order valence-electron chi connectivity index (χ2n) is 8.14. The number of halogens is 5. The molecule has 0 aliphatic heterocycles. The Balaban J connectivity index is 1.76. The molecule has 2 aromatic heterocycles. The fourth-order valence-electron chi connectivity index (χ4n) is 3.61. The molecule has 2 N–H and O–H groups in total. The standard InChI is InChI=1S/C26H20F5N5O2/c1-15(32)10-21(33-17-5-3-4-16(11-17)26(29,30)31)25-23(37)8-9-36(34-25)22-7-6-18(12-24(22)38-2)35-13-19(27)20(28)14-35/h3-14,32-33H,1-2H3/b21-10-,32-15?. The van der Waals surface area contributed by atoms with E-state index in [1.54, 1.807) is 12.1 Å². The number of anilines is 1. The zero-order valence-corrected chi connectivity index (χ0v) is 20.0. The van der Waals surface area contributed by atoms with Gasteiger partial charge in [-0.1, -0.05) is 6.07 Å². The summed E-state index contributed by atoms with van der Waals surface area (Å²) in [5.41, 5.74) is -0.804. The molecule has 0 amide bonds. The third-order valence-electron chi connectivity index (χ3n) is 5.33. The molecule has 0 atom stereocenters. The molecule has 0 aliphatic carbocycles. The quantitative estimate of drug-likeness (QED) is 0.233. The van der Waals surface area contributed by atoms with Crippen molar-refractivity contribution in [2.45, 2.75) is 13.1 Å². The predicted molar refractivity (Wildman–Crippen MR) is 132 cm³/mol. The van der Waals surface area contributed by atoms with Crippen LogP contribution in [0.2, 0.25) is 0 Å². The smallest absolute Gasteiger partial charge is 0.416 e. The van der Waals surface area contributed by atoms with Crippen LogP contribution in [0.4, 0.5) is 27.6 Å². The lowest BCUT2D eigenvalue weighted by Crippen LogP contribution is -2.19. The number of rotatable bonds is 7. The maximum atomic E-state index is 13.5. The Morgan fingerprint density at radius 3 is 2.42 bits per heavy atom. The van der Waals surface area contributed by atoms with Crippen molar-refractivity contribution in [3.8, 4) is 17.1 Å². The summed E-state index contributed by atoms with van der Waals surface area (Å²) < 4.78 is 74.5. The molecular weight excluding hydrogens is 509 g/mol. The number of benzene rings is 2. The van der Waals surface area contributed by atoms with Crippen LogP contribution in [0.1, 0.15) is 18.2 Å². The van der Waals surface area contributed by atoms with Crippen molar-refractivity contribution in [3.05, 3.63) is 106 Å². The highest BCUT2D eigenvalue weighted by Crippen LogP contribution is 2.31. The van der Waals surface area contributed by atoms with E-state index in [1.807, 2.05) is 0 Å². The summed E-state index contributed by atoms with van der Waals surface area (Å²) in [5.74, 6) is -1.79. The van der Waals surface area contributed by atoms with Crippen molar-refractivity contribution >= 4 is 17.1 Å². The van der Waals surface area contributed by atoms with E-state index in [0.29, 0.717) is 11.4 Å². The number of ether oxygens (including phenoxy) is 1. The first kappa shape index (κ1) is 26.3. The average molecular weight is 529 g/mol. The first-order valence-electron chi connectivity index (χ1n) is 11.0. The van der Waals surface area contributed by atoms with Crippen molar-refractivity contribution in [1.29, 1.82) is 5.41 Å². The first-order chi connectivity index (χ1) is 18.0. The summed E-state index contributed by atoms with van der Waals surface area (Å²) in [6.07, 6.45) is -0.00953. The van der Waals surface area contributed by atoms with E-state index < -0.39 is 28.8 Å². The van der Waals surface area contributed by atoms with Crippen molar-refractivity contribution < 1.29 is 26.7 Å². The van der Waals surface area contributed by atoms with Crippen LogP contribution in [0.5, 0.6) is 5.75 Å². The minimum Gasteiger partial charge on any atom is -0.494 e. The SMILES string of the molecule is COc1cc(-n2cc(F)c(F)c2)ccc1-n1ccc(=O)c(/C(=C/C(C)=N)Nc2cccc(C(F)(F)F)c2)n1. The fraction of sp³-hybridized carbons (Fsp3) is 0.115. The molecule has 0 aliphatic rings. The zero-order chi connectivity index (χ0) is 27.6. The lowest BCUT2D eigenvalue weighted by Gasteiger charge is -2.16. The van der Waals surface area contributed by atoms with Gasteiger partial charge in [0.25, 0.3) is 0 Å². The third-order valence-corrected chi connectivity index (χ3v) is 5.33. The molecule has 0 saturated carbocycles. The third kappa shape index (κ3) is 5.64. The van der Waals surface area contributed by atoms with Gasteiger partial charge in [-0.2, -0.15) is 18.3 Å². The number of nitrogens with zero attached hydrogens (tertiary/aromatic N) is 3. The molecule has 2 aromatic carbocycles. The molecule has 4 rings (SSSR count). The second kappa shape index (κ2) is 10.3. The van der Waals surface area contributed by atoms with Crippen LogP contribution in [0.15, 0.2) is 78.0 Å². The van der Waals surface area contributed by atoms with E-state index in [2.05, 4.69) is 10.4 Å². The van der Waals surface area contributed by atoms with Crippen molar-refractivity contribution in [2.75, 3.05) is 12.4 Å². The van der Waals surface area contributed by atoms with E-state index in [0.717, 1.165) is 24.5 Å². The monoisotopic (exact) mass is 529 g/mol. The molecule has 38 heavy (non-hydrogen) atoms. The van der Waals surface area contributed by atoms with Crippen molar-refractivity contribution in [3.63, 3.8) is 0 Å². The summed E-state index contributed by atoms with van der Waals surface area (Å²) in [7, 11) is 1.38. The molecule has 0 radical (unpaired) electrons. The Morgan fingerprint density at radius 1 is 1.08 bits per heavy atom. The molecule has 7 nitrogen and oxygen atoms in total. The molecule has 196 valence electrons. The van der Waals surface area contributed by atoms with E-state index in [-0.39, 0.29) is 28.5 Å². The number of allylic oxidation sites excluding steroid dienone is 1. The van der Waals surface area contributed by atoms with Crippen LogP contribution in [0.3, 0.4) is 0 Å². The molecule has 12 heteroatoms. The van der Waals surface area contributed by atoms with Gasteiger partial charge in [0.1, 0.15) is 11.4 Å². The zero-order valence-electron chi connectivity index (χ0n) is 20.0. The summed E-state index contributed by atoms with van der Waals surface area (Å²) >= 11 is 0. The number of nitrogens with one attached hydrogen (secondary N) is 2. The van der Waals surface area contributed by atoms with Crippen LogP contribution < -0.4 is 15.5 Å². The number of hydrogen-bond donors (Lipinski definition) is 2. The van der Waals surface area contributed by atoms with Crippen LogP contribution in [-0.2, 0) is 6.18 Å². The topological polar surface area (TPSA) is 84.9 Å². The fourth-order valence-corrected chi connectivity index (χ4v) is 3.61. The highest BCUT2D eigenvalue weighted by Gasteiger charge is 2.30. The lowest BCUT2D eigenvalue weighted by molar-refractivity contribution is -0.137. The van der Waals surface area contributed by atoms with Gasteiger partial charge in [0.2, 0.25) is 5.43 Å². The molecular formula is C26H20F5N5O2. The number of aromatic nitrogens is 3. The summed E-state index contributed by atoms with van der Waals surface area (Å²) in [5, 5.41) is 15.0. The molecule has 0 bridgehead atoms. The number of hydrogen-bond acceptors (Lipinski definition) is 5. The molecule has 4 aromatic rings. The summed E-state index contributed by atoms with van der Waals surface area (Å²) in [4.78, 5) is 12.8. The van der Waals surface area contributed by atoms with Crippen LogP contribution >= 0.6 is 0 Å². The van der Waals surface area contributed by atoms with Gasteiger partial charge in [-0.05, 0) is 43.3 Å². The van der Waals surface area contributed by atoms with Crippen molar-refractivity contribution in [1.82, 2.24) is 14.3 Å². The van der Waals surface area contributed by atoms with Gasteiger partial charge in [-0.15, -0.1) is 0 Å². The molecule has 2 heterocycles. The van der Waals surface area contributed by atoms with Gasteiger partial charge in [0, 0.05) is 47.8 Å². The normalized spacial score (nSPS) is 11.9. The van der Waals surface area contributed by atoms with Gasteiger partial charge < -0.3 is 20.0 Å². The molecule has 0 spiro atoms. The van der Waals surface area contributed by atoms with Gasteiger partial charge in [0.15, 0.2) is 17.3 Å². The van der Waals surface area contributed by atoms with Gasteiger partial charge in [-0.25, -0.2) is 13.5 Å². The number of methoxy groups -OCH3 is 1. The van der Waals surface area contributed by atoms with Crippen molar-refractivity contribution in [2.24, 2.45) is 0 Å². The van der Waals surface area contributed by atoms with Gasteiger partial charge in [-0.3, -0.25) is 4.79 Å². The summed E-state index contributed by atoms with van der Waals surface area (Å²) in [6.45, 7) is 1.43. The van der Waals surface area contributed by atoms with Crippen LogP contribution in [0.25, 0.3) is 17.1 Å². The Bertz CT molecular complexity index is 1580. The van der Waals surface area contributed by atoms with E-state index in [9.17, 15) is 26.7 Å². The average Bonchev–Trinajstić information content (AvgIpc) is 3.21. The summed E-state index contributed by atoms with van der Waals surface area (Å²) in [6, 6.07) is 10.2. The predicted octanol–water partition coefficient (Wildman–Crippen LogP) is 5.82. The Labute approximate surface area is 212 Å². The van der Waals surface area contributed by atoms with E-state index in [4.69, 9.17) is 10.1 Å². The second-order valence-corrected chi connectivity index (χ2v) is 8.14. The highest BCUT2D eigenvalue weighted by molar-refractivity contribution is 5.98. The first-order valence-corrected chi connectivity index (χ1v) is 11.0.